The van der Waals surface area contributed by atoms with E-state index in [9.17, 15) is 9.59 Å². The number of likely N-dealkylation sites (N-methyl/N-ethyl adjacent to an activating group) is 1. The SMILES string of the molecule is CC(NC(=O)c1ccc(Br)s1)C(=O)N(C)C1CCNC1.Cl. The molecular weight excluding hydrogens is 378 g/mol. The number of nitrogens with zero attached hydrogens (tertiary/aromatic N) is 1. The third kappa shape index (κ3) is 4.67. The first-order chi connectivity index (χ1) is 9.49. The Morgan fingerprint density at radius 2 is 2.24 bits per heavy atom. The maximum Gasteiger partial charge on any atom is 0.262 e. The molecule has 5 nitrogen and oxygen atoms in total. The second kappa shape index (κ2) is 8.12. The van der Waals surface area contributed by atoms with E-state index in [-0.39, 0.29) is 30.3 Å². The van der Waals surface area contributed by atoms with Gasteiger partial charge in [0.2, 0.25) is 5.91 Å². The number of hydrogen-bond acceptors (Lipinski definition) is 4. The summed E-state index contributed by atoms with van der Waals surface area (Å²) < 4.78 is 0.899. The summed E-state index contributed by atoms with van der Waals surface area (Å²) >= 11 is 4.67. The Hall–Kier alpha value is -0.630. The van der Waals surface area contributed by atoms with Crippen molar-refractivity contribution in [1.29, 1.82) is 0 Å². The monoisotopic (exact) mass is 395 g/mol. The van der Waals surface area contributed by atoms with Gasteiger partial charge in [-0.15, -0.1) is 23.7 Å². The molecule has 1 fully saturated rings. The summed E-state index contributed by atoms with van der Waals surface area (Å²) in [7, 11) is 1.80. The number of nitrogens with one attached hydrogen (secondary N) is 2. The van der Waals surface area contributed by atoms with E-state index in [4.69, 9.17) is 0 Å². The summed E-state index contributed by atoms with van der Waals surface area (Å²) in [5.74, 6) is -0.262. The van der Waals surface area contributed by atoms with Crippen LogP contribution in [0.25, 0.3) is 0 Å². The van der Waals surface area contributed by atoms with Crippen molar-refractivity contribution in [1.82, 2.24) is 15.5 Å². The van der Waals surface area contributed by atoms with Gasteiger partial charge in [-0.2, -0.15) is 0 Å². The first-order valence-corrected chi connectivity index (χ1v) is 8.13. The van der Waals surface area contributed by atoms with Gasteiger partial charge in [-0.1, -0.05) is 0 Å². The highest BCUT2D eigenvalue weighted by Crippen LogP contribution is 2.22. The molecule has 0 aromatic carbocycles. The standard InChI is InChI=1S/C13H18BrN3O2S.ClH/c1-8(13(19)17(2)9-5-6-15-7-9)16-12(18)10-3-4-11(14)20-10;/h3-4,8-9,15H,5-7H2,1-2H3,(H,16,18);1H. The minimum absolute atomic E-state index is 0. The van der Waals surface area contributed by atoms with Crippen LogP contribution in [0.5, 0.6) is 0 Å². The molecule has 2 N–H and O–H groups in total. The zero-order chi connectivity index (χ0) is 14.7. The van der Waals surface area contributed by atoms with Crippen LogP contribution < -0.4 is 10.6 Å². The Balaban J connectivity index is 0.00000220. The quantitative estimate of drug-likeness (QED) is 0.817. The summed E-state index contributed by atoms with van der Waals surface area (Å²) in [6.45, 7) is 3.48. The Morgan fingerprint density at radius 1 is 1.52 bits per heavy atom. The van der Waals surface area contributed by atoms with Crippen molar-refractivity contribution in [3.63, 3.8) is 0 Å². The van der Waals surface area contributed by atoms with Gasteiger partial charge in [-0.3, -0.25) is 9.59 Å². The highest BCUT2D eigenvalue weighted by Gasteiger charge is 2.27. The molecule has 1 aromatic rings. The van der Waals surface area contributed by atoms with E-state index in [1.807, 2.05) is 6.07 Å². The molecule has 0 radical (unpaired) electrons. The van der Waals surface area contributed by atoms with Gasteiger partial charge >= 0.3 is 0 Å². The molecule has 1 saturated heterocycles. The fourth-order valence-electron chi connectivity index (χ4n) is 2.22. The van der Waals surface area contributed by atoms with Gasteiger partial charge in [-0.25, -0.2) is 0 Å². The summed E-state index contributed by atoms with van der Waals surface area (Å²) in [5.41, 5.74) is 0. The van der Waals surface area contributed by atoms with Crippen molar-refractivity contribution in [2.24, 2.45) is 0 Å². The summed E-state index contributed by atoms with van der Waals surface area (Å²) in [6.07, 6.45) is 0.959. The molecule has 8 heteroatoms. The molecule has 21 heavy (non-hydrogen) atoms. The van der Waals surface area contributed by atoms with E-state index in [0.717, 1.165) is 23.3 Å². The van der Waals surface area contributed by atoms with Crippen LogP contribution in [0.3, 0.4) is 0 Å². The third-order valence-electron chi connectivity index (χ3n) is 3.44. The number of halogens is 2. The molecule has 1 aliphatic heterocycles. The zero-order valence-electron chi connectivity index (χ0n) is 11.9. The number of amides is 2. The van der Waals surface area contributed by atoms with E-state index in [1.165, 1.54) is 11.3 Å². The lowest BCUT2D eigenvalue weighted by atomic mass is 10.2. The number of rotatable bonds is 4. The molecule has 2 amide bonds. The maximum absolute atomic E-state index is 12.3. The lowest BCUT2D eigenvalue weighted by Gasteiger charge is -2.27. The van der Waals surface area contributed by atoms with E-state index < -0.39 is 6.04 Å². The molecule has 0 saturated carbocycles. The second-order valence-corrected chi connectivity index (χ2v) is 7.36. The van der Waals surface area contributed by atoms with Crippen LogP contribution in [0.1, 0.15) is 23.0 Å². The highest BCUT2D eigenvalue weighted by molar-refractivity contribution is 9.11. The van der Waals surface area contributed by atoms with Gasteiger partial charge in [0.05, 0.1) is 8.66 Å². The van der Waals surface area contributed by atoms with Crippen LogP contribution in [0, 0.1) is 0 Å². The molecule has 2 rings (SSSR count). The normalized spacial score (nSPS) is 18.7. The van der Waals surface area contributed by atoms with E-state index in [1.54, 1.807) is 24.9 Å². The minimum Gasteiger partial charge on any atom is -0.340 e. The maximum atomic E-state index is 12.3. The Bertz CT molecular complexity index is 505. The first kappa shape index (κ1) is 18.4. The Labute approximate surface area is 143 Å². The molecule has 1 aliphatic rings. The third-order valence-corrected chi connectivity index (χ3v) is 5.07. The molecule has 0 spiro atoms. The molecule has 118 valence electrons. The van der Waals surface area contributed by atoms with Gasteiger partial charge in [0.1, 0.15) is 6.04 Å². The van der Waals surface area contributed by atoms with Crippen LogP contribution in [0.2, 0.25) is 0 Å². The van der Waals surface area contributed by atoms with Crippen LogP contribution in [0.15, 0.2) is 15.9 Å². The Kier molecular flexibility index (Phi) is 7.12. The molecule has 2 atom stereocenters. The Morgan fingerprint density at radius 3 is 2.76 bits per heavy atom. The highest BCUT2D eigenvalue weighted by atomic mass is 79.9. The average Bonchev–Trinajstić information content (AvgIpc) is 3.07. The predicted octanol–water partition coefficient (Wildman–Crippen LogP) is 1.87. The largest absolute Gasteiger partial charge is 0.340 e. The first-order valence-electron chi connectivity index (χ1n) is 6.52. The van der Waals surface area contributed by atoms with Crippen LogP contribution in [-0.4, -0.2) is 48.9 Å². The van der Waals surface area contributed by atoms with Crippen LogP contribution in [-0.2, 0) is 4.79 Å². The average molecular weight is 397 g/mol. The van der Waals surface area contributed by atoms with Crippen molar-refractivity contribution in [3.8, 4) is 0 Å². The summed E-state index contributed by atoms with van der Waals surface area (Å²) in [6, 6.07) is 3.26. The summed E-state index contributed by atoms with van der Waals surface area (Å²) in [4.78, 5) is 26.6. The second-order valence-electron chi connectivity index (χ2n) is 4.89. The lowest BCUT2D eigenvalue weighted by Crippen LogP contribution is -2.49. The van der Waals surface area contributed by atoms with Crippen molar-refractivity contribution >= 4 is 51.5 Å². The minimum atomic E-state index is -0.519. The number of hydrogen-bond donors (Lipinski definition) is 2. The van der Waals surface area contributed by atoms with Crippen molar-refractivity contribution in [2.45, 2.75) is 25.4 Å². The number of carbonyl (C=O) groups is 2. The molecule has 2 heterocycles. The number of thiophene rings is 1. The lowest BCUT2D eigenvalue weighted by molar-refractivity contribution is -0.133. The van der Waals surface area contributed by atoms with Crippen LogP contribution >= 0.6 is 39.7 Å². The van der Waals surface area contributed by atoms with Gasteiger partial charge in [0, 0.05) is 19.6 Å². The molecule has 2 unspecified atom stereocenters. The predicted molar refractivity (Wildman–Crippen MR) is 90.2 cm³/mol. The van der Waals surface area contributed by atoms with Crippen molar-refractivity contribution in [2.75, 3.05) is 20.1 Å². The topological polar surface area (TPSA) is 61.4 Å². The van der Waals surface area contributed by atoms with Crippen molar-refractivity contribution in [3.05, 3.63) is 20.8 Å². The zero-order valence-corrected chi connectivity index (χ0v) is 15.1. The van der Waals surface area contributed by atoms with E-state index in [2.05, 4.69) is 26.6 Å². The smallest absolute Gasteiger partial charge is 0.262 e. The van der Waals surface area contributed by atoms with Crippen molar-refractivity contribution < 1.29 is 9.59 Å². The molecule has 1 aromatic heterocycles. The fourth-order valence-corrected chi connectivity index (χ4v) is 3.51. The van der Waals surface area contributed by atoms with Gasteiger partial charge < -0.3 is 15.5 Å². The fraction of sp³-hybridized carbons (Fsp3) is 0.538. The molecule has 0 aliphatic carbocycles. The van der Waals surface area contributed by atoms with Gasteiger partial charge in [-0.05, 0) is 48.0 Å². The molecular formula is C13H19BrClN3O2S. The number of carbonyl (C=O) groups excluding carboxylic acids is 2. The van der Waals surface area contributed by atoms with E-state index >= 15 is 0 Å². The van der Waals surface area contributed by atoms with Gasteiger partial charge in [0.25, 0.3) is 5.91 Å². The van der Waals surface area contributed by atoms with Gasteiger partial charge in [0.15, 0.2) is 0 Å². The molecule has 0 bridgehead atoms. The van der Waals surface area contributed by atoms with E-state index in [0.29, 0.717) is 4.88 Å². The summed E-state index contributed by atoms with van der Waals surface area (Å²) in [5, 5.41) is 5.98. The van der Waals surface area contributed by atoms with Crippen LogP contribution in [0.4, 0.5) is 0 Å².